The summed E-state index contributed by atoms with van der Waals surface area (Å²) in [6.45, 7) is 7.49. The third-order valence-electron chi connectivity index (χ3n) is 0.916. The van der Waals surface area contributed by atoms with Crippen molar-refractivity contribution < 1.29 is 4.74 Å². The van der Waals surface area contributed by atoms with Gasteiger partial charge < -0.3 is 4.74 Å². The zero-order valence-electron chi connectivity index (χ0n) is 5.84. The largest absolute Gasteiger partial charge is 0.442 e. The Morgan fingerprint density at radius 1 is 1.60 bits per heavy atom. The molecule has 0 spiro atoms. The normalized spacial score (nSPS) is 9.70. The number of hydrogen-bond donors (Lipinski definition) is 0. The van der Waals surface area contributed by atoms with Gasteiger partial charge in [-0.3, -0.25) is 0 Å². The minimum Gasteiger partial charge on any atom is -0.442 e. The third kappa shape index (κ3) is 3.57. The quantitative estimate of drug-likeness (QED) is 0.421. The Bertz CT molecular complexity index is 181. The molecule has 0 heterocycles. The van der Waals surface area contributed by atoms with E-state index in [1.54, 1.807) is 18.2 Å². The Morgan fingerprint density at radius 3 is 2.70 bits per heavy atom. The van der Waals surface area contributed by atoms with E-state index in [2.05, 4.69) is 24.0 Å². The Morgan fingerprint density at radius 2 is 2.30 bits per heavy atom. The van der Waals surface area contributed by atoms with Crippen molar-refractivity contribution in [1.82, 2.24) is 0 Å². The van der Waals surface area contributed by atoms with Crippen LogP contribution in [0.4, 0.5) is 0 Å². The van der Waals surface area contributed by atoms with E-state index in [0.717, 1.165) is 5.57 Å². The van der Waals surface area contributed by atoms with Gasteiger partial charge in [0.15, 0.2) is 0 Å². The summed E-state index contributed by atoms with van der Waals surface area (Å²) in [6.07, 6.45) is 12.1. The number of rotatable bonds is 4. The number of allylic oxidation sites excluding steroid dienone is 2. The first-order chi connectivity index (χ1) is 4.85. The van der Waals surface area contributed by atoms with Crippen LogP contribution >= 0.6 is 0 Å². The molecule has 0 saturated carbocycles. The van der Waals surface area contributed by atoms with Crippen molar-refractivity contribution in [2.24, 2.45) is 0 Å². The van der Waals surface area contributed by atoms with Gasteiger partial charge in [0, 0.05) is 0 Å². The molecule has 0 aromatic rings. The molecule has 10 heavy (non-hydrogen) atoms. The molecule has 0 unspecified atom stereocenters. The summed E-state index contributed by atoms with van der Waals surface area (Å²) < 4.78 is 4.68. The Kier molecular flexibility index (Phi) is 4.90. The molecule has 0 N–H and O–H groups in total. The molecule has 0 aliphatic rings. The first-order valence-corrected chi connectivity index (χ1v) is 2.86. The molecule has 52 valence electrons. The molecule has 1 nitrogen and oxygen atoms in total. The van der Waals surface area contributed by atoms with E-state index in [4.69, 9.17) is 6.42 Å². The molecule has 0 saturated heterocycles. The van der Waals surface area contributed by atoms with Gasteiger partial charge in [0.25, 0.3) is 0 Å². The second-order valence-corrected chi connectivity index (χ2v) is 1.59. The molecule has 0 fully saturated rings. The van der Waals surface area contributed by atoms with E-state index < -0.39 is 0 Å². The summed E-state index contributed by atoms with van der Waals surface area (Å²) in [5.41, 5.74) is 0.924. The minimum atomic E-state index is 0.395. The summed E-state index contributed by atoms with van der Waals surface area (Å²) in [4.78, 5) is 0. The first kappa shape index (κ1) is 8.58. The van der Waals surface area contributed by atoms with Crippen LogP contribution in [0.3, 0.4) is 0 Å². The van der Waals surface area contributed by atoms with Crippen LogP contribution in [0.1, 0.15) is 0 Å². The van der Waals surface area contributed by atoms with Crippen molar-refractivity contribution in [2.75, 3.05) is 6.61 Å². The smallest absolute Gasteiger partial charge is 0.125 e. The first-order valence-electron chi connectivity index (χ1n) is 2.86. The van der Waals surface area contributed by atoms with Crippen molar-refractivity contribution in [3.05, 3.63) is 37.0 Å². The summed E-state index contributed by atoms with van der Waals surface area (Å²) in [6, 6.07) is 0. The van der Waals surface area contributed by atoms with Crippen LogP contribution in [0.15, 0.2) is 37.0 Å². The SMILES string of the molecule is C#COCC(C=C)=CC=C. The van der Waals surface area contributed by atoms with Gasteiger partial charge in [-0.1, -0.05) is 37.8 Å². The number of terminal acetylenes is 1. The van der Waals surface area contributed by atoms with E-state index in [9.17, 15) is 0 Å². The lowest BCUT2D eigenvalue weighted by atomic mass is 10.2. The van der Waals surface area contributed by atoms with Crippen molar-refractivity contribution in [1.29, 1.82) is 0 Å². The Balaban J connectivity index is 3.85. The zero-order chi connectivity index (χ0) is 7.82. The Labute approximate surface area is 61.7 Å². The van der Waals surface area contributed by atoms with Crippen LogP contribution in [-0.2, 0) is 4.74 Å². The molecule has 0 atom stereocenters. The van der Waals surface area contributed by atoms with E-state index in [-0.39, 0.29) is 0 Å². The standard InChI is InChI=1S/C9H10O/c1-4-7-9(5-2)8-10-6-3/h3-5,7H,1-2,8H2. The highest BCUT2D eigenvalue weighted by Gasteiger charge is 1.86. The maximum absolute atomic E-state index is 4.87. The minimum absolute atomic E-state index is 0.395. The lowest BCUT2D eigenvalue weighted by Crippen LogP contribution is -1.88. The van der Waals surface area contributed by atoms with Gasteiger partial charge in [0.2, 0.25) is 0 Å². The van der Waals surface area contributed by atoms with Crippen LogP contribution < -0.4 is 0 Å². The van der Waals surface area contributed by atoms with Gasteiger partial charge >= 0.3 is 0 Å². The molecule has 1 heteroatoms. The lowest BCUT2D eigenvalue weighted by Gasteiger charge is -1.95. The fourth-order valence-corrected chi connectivity index (χ4v) is 0.451. The summed E-state index contributed by atoms with van der Waals surface area (Å²) >= 11 is 0. The summed E-state index contributed by atoms with van der Waals surface area (Å²) in [5.74, 6) is 0. The van der Waals surface area contributed by atoms with E-state index in [0.29, 0.717) is 6.61 Å². The zero-order valence-corrected chi connectivity index (χ0v) is 5.84. The molecule has 0 amide bonds. The van der Waals surface area contributed by atoms with E-state index >= 15 is 0 Å². The van der Waals surface area contributed by atoms with Gasteiger partial charge in [-0.2, -0.15) is 0 Å². The van der Waals surface area contributed by atoms with Gasteiger partial charge in [-0.05, 0) is 5.57 Å². The van der Waals surface area contributed by atoms with E-state index in [1.807, 2.05) is 0 Å². The van der Waals surface area contributed by atoms with Crippen LogP contribution in [0.5, 0.6) is 0 Å². The van der Waals surface area contributed by atoms with Crippen LogP contribution in [0, 0.1) is 12.5 Å². The number of hydrogen-bond acceptors (Lipinski definition) is 1. The fraction of sp³-hybridized carbons (Fsp3) is 0.111. The molecular formula is C9H10O. The molecule has 0 bridgehead atoms. The molecule has 0 aliphatic heterocycles. The average molecular weight is 134 g/mol. The third-order valence-corrected chi connectivity index (χ3v) is 0.916. The highest BCUT2D eigenvalue weighted by atomic mass is 16.5. The molecule has 0 aliphatic carbocycles. The average Bonchev–Trinajstić information content (AvgIpc) is 1.98. The van der Waals surface area contributed by atoms with Crippen LogP contribution in [-0.4, -0.2) is 6.61 Å². The van der Waals surface area contributed by atoms with Crippen LogP contribution in [0.25, 0.3) is 0 Å². The molecule has 0 aromatic heterocycles. The van der Waals surface area contributed by atoms with E-state index in [1.165, 1.54) is 0 Å². The monoisotopic (exact) mass is 134 g/mol. The maximum Gasteiger partial charge on any atom is 0.125 e. The lowest BCUT2D eigenvalue weighted by molar-refractivity contribution is 0.315. The van der Waals surface area contributed by atoms with Gasteiger partial charge in [0.1, 0.15) is 12.7 Å². The maximum atomic E-state index is 4.87. The second kappa shape index (κ2) is 5.71. The number of ether oxygens (including phenoxy) is 1. The fourth-order valence-electron chi connectivity index (χ4n) is 0.451. The molecule has 0 rings (SSSR count). The molecule has 0 radical (unpaired) electrons. The Hall–Kier alpha value is -1.42. The molecular weight excluding hydrogens is 124 g/mol. The van der Waals surface area contributed by atoms with Gasteiger partial charge in [-0.25, -0.2) is 0 Å². The summed E-state index contributed by atoms with van der Waals surface area (Å²) in [5, 5.41) is 0. The molecule has 0 aromatic carbocycles. The van der Waals surface area contributed by atoms with Crippen molar-refractivity contribution in [3.8, 4) is 12.5 Å². The van der Waals surface area contributed by atoms with Crippen LogP contribution in [0.2, 0.25) is 0 Å². The predicted octanol–water partition coefficient (Wildman–Crippen LogP) is 1.89. The van der Waals surface area contributed by atoms with Gasteiger partial charge in [0.05, 0.1) is 0 Å². The van der Waals surface area contributed by atoms with Gasteiger partial charge in [-0.15, -0.1) is 0 Å². The van der Waals surface area contributed by atoms with Crippen molar-refractivity contribution in [3.63, 3.8) is 0 Å². The topological polar surface area (TPSA) is 9.23 Å². The predicted molar refractivity (Wildman–Crippen MR) is 43.3 cm³/mol. The summed E-state index contributed by atoms with van der Waals surface area (Å²) in [7, 11) is 0. The second-order valence-electron chi connectivity index (χ2n) is 1.59. The van der Waals surface area contributed by atoms with Crippen molar-refractivity contribution >= 4 is 0 Å². The highest BCUT2D eigenvalue weighted by Crippen LogP contribution is 1.95. The van der Waals surface area contributed by atoms with Crippen molar-refractivity contribution in [2.45, 2.75) is 0 Å². The highest BCUT2D eigenvalue weighted by molar-refractivity contribution is 5.21.